The summed E-state index contributed by atoms with van der Waals surface area (Å²) in [6.07, 6.45) is 7.32. The van der Waals surface area contributed by atoms with E-state index in [2.05, 4.69) is 11.2 Å². The average molecular weight is 316 g/mol. The predicted octanol–water partition coefficient (Wildman–Crippen LogP) is 3.13. The molecular weight excluding hydrogens is 297 g/mol. The largest absolute Gasteiger partial charge is 0.488 e. The Bertz CT molecular complexity index is 426. The van der Waals surface area contributed by atoms with Crippen LogP contribution < -0.4 is 10.1 Å². The average Bonchev–Trinajstić information content (AvgIpc) is 2.42. The van der Waals surface area contributed by atoms with Crippen molar-refractivity contribution in [2.24, 2.45) is 0 Å². The third-order valence-corrected chi connectivity index (χ3v) is 3.24. The number of rotatable bonds is 9. The van der Waals surface area contributed by atoms with Crippen LogP contribution in [0.2, 0.25) is 10.0 Å². The van der Waals surface area contributed by atoms with Gasteiger partial charge in [-0.1, -0.05) is 29.3 Å². The molecule has 0 radical (unpaired) electrons. The topological polar surface area (TPSA) is 41.5 Å². The van der Waals surface area contributed by atoms with E-state index < -0.39 is 6.10 Å². The molecule has 0 aliphatic heterocycles. The summed E-state index contributed by atoms with van der Waals surface area (Å²) in [7, 11) is 0. The number of aliphatic hydroxyl groups excluding tert-OH is 1. The minimum Gasteiger partial charge on any atom is -0.488 e. The molecule has 0 bridgehead atoms. The van der Waals surface area contributed by atoms with Crippen LogP contribution in [0.5, 0.6) is 5.75 Å². The number of nitrogens with one attached hydrogen (secondary N) is 1. The van der Waals surface area contributed by atoms with Gasteiger partial charge in [0.25, 0.3) is 0 Å². The molecule has 0 fully saturated rings. The Labute approximate surface area is 130 Å². The number of benzene rings is 1. The summed E-state index contributed by atoms with van der Waals surface area (Å²) in [6, 6.07) is 5.13. The molecular formula is C15H19Cl2NO2. The Kier molecular flexibility index (Phi) is 8.48. The van der Waals surface area contributed by atoms with Crippen LogP contribution in [-0.4, -0.2) is 30.9 Å². The Morgan fingerprint density at radius 3 is 2.65 bits per heavy atom. The summed E-state index contributed by atoms with van der Waals surface area (Å²) in [5, 5.41) is 13.8. The lowest BCUT2D eigenvalue weighted by atomic mass is 10.2. The number of aliphatic hydroxyl groups is 1. The third kappa shape index (κ3) is 6.49. The first kappa shape index (κ1) is 17.1. The Morgan fingerprint density at radius 2 is 2.00 bits per heavy atom. The summed E-state index contributed by atoms with van der Waals surface area (Å²) in [4.78, 5) is 0. The Morgan fingerprint density at radius 1 is 1.30 bits per heavy atom. The van der Waals surface area contributed by atoms with Gasteiger partial charge in [-0.25, -0.2) is 0 Å². The maximum atomic E-state index is 9.79. The second kappa shape index (κ2) is 9.90. The van der Waals surface area contributed by atoms with Crippen LogP contribution in [0.4, 0.5) is 0 Å². The Balaban J connectivity index is 2.20. The fourth-order valence-electron chi connectivity index (χ4n) is 1.60. The maximum absolute atomic E-state index is 9.79. The number of unbranched alkanes of at least 4 members (excludes halogenated alkanes) is 2. The number of halogens is 2. The lowest BCUT2D eigenvalue weighted by Crippen LogP contribution is -2.32. The molecule has 1 atom stereocenters. The van der Waals surface area contributed by atoms with E-state index in [-0.39, 0.29) is 6.61 Å². The van der Waals surface area contributed by atoms with Gasteiger partial charge in [0.2, 0.25) is 0 Å². The molecule has 1 rings (SSSR count). The van der Waals surface area contributed by atoms with E-state index in [1.54, 1.807) is 18.2 Å². The van der Waals surface area contributed by atoms with Crippen LogP contribution >= 0.6 is 23.2 Å². The molecule has 0 saturated heterocycles. The van der Waals surface area contributed by atoms with Crippen molar-refractivity contribution in [2.75, 3.05) is 19.7 Å². The normalized spacial score (nSPS) is 11.9. The molecule has 3 nitrogen and oxygen atoms in total. The summed E-state index contributed by atoms with van der Waals surface area (Å²) < 4.78 is 5.44. The highest BCUT2D eigenvalue weighted by molar-refractivity contribution is 6.37. The number of ether oxygens (including phenoxy) is 1. The van der Waals surface area contributed by atoms with Crippen molar-refractivity contribution in [3.05, 3.63) is 28.2 Å². The van der Waals surface area contributed by atoms with Gasteiger partial charge in [0, 0.05) is 13.0 Å². The van der Waals surface area contributed by atoms with Crippen molar-refractivity contribution in [3.63, 3.8) is 0 Å². The SMILES string of the molecule is C#CCCCCNCC(O)COc1c(Cl)cccc1Cl. The second-order valence-corrected chi connectivity index (χ2v) is 5.20. The molecule has 110 valence electrons. The maximum Gasteiger partial charge on any atom is 0.156 e. The summed E-state index contributed by atoms with van der Waals surface area (Å²) in [6.45, 7) is 1.42. The highest BCUT2D eigenvalue weighted by Gasteiger charge is 2.10. The molecule has 0 aromatic heterocycles. The van der Waals surface area contributed by atoms with E-state index in [1.165, 1.54) is 0 Å². The van der Waals surface area contributed by atoms with E-state index in [1.807, 2.05) is 0 Å². The van der Waals surface area contributed by atoms with Crippen LogP contribution in [0.1, 0.15) is 19.3 Å². The minimum absolute atomic E-state index is 0.140. The lowest BCUT2D eigenvalue weighted by Gasteiger charge is -2.14. The first-order chi connectivity index (χ1) is 9.65. The van der Waals surface area contributed by atoms with Gasteiger partial charge in [0.15, 0.2) is 5.75 Å². The van der Waals surface area contributed by atoms with E-state index in [0.717, 1.165) is 25.8 Å². The fraction of sp³-hybridized carbons (Fsp3) is 0.467. The van der Waals surface area contributed by atoms with Crippen LogP contribution in [0.15, 0.2) is 18.2 Å². The van der Waals surface area contributed by atoms with Crippen molar-refractivity contribution in [1.82, 2.24) is 5.32 Å². The quantitative estimate of drug-likeness (QED) is 0.543. The van der Waals surface area contributed by atoms with Crippen molar-refractivity contribution < 1.29 is 9.84 Å². The van der Waals surface area contributed by atoms with E-state index in [0.29, 0.717) is 22.3 Å². The molecule has 0 spiro atoms. The van der Waals surface area contributed by atoms with Crippen molar-refractivity contribution in [1.29, 1.82) is 0 Å². The predicted molar refractivity (Wildman–Crippen MR) is 83.5 cm³/mol. The van der Waals surface area contributed by atoms with E-state index >= 15 is 0 Å². The number of para-hydroxylation sites is 1. The zero-order valence-corrected chi connectivity index (χ0v) is 12.8. The molecule has 0 heterocycles. The molecule has 1 unspecified atom stereocenters. The zero-order valence-electron chi connectivity index (χ0n) is 11.2. The standard InChI is InChI=1S/C15H19Cl2NO2/c1-2-3-4-5-9-18-10-12(19)11-20-15-13(16)7-6-8-14(15)17/h1,6-8,12,18-19H,3-5,9-11H2. The van der Waals surface area contributed by atoms with Crippen molar-refractivity contribution in [3.8, 4) is 18.1 Å². The summed E-state index contributed by atoms with van der Waals surface area (Å²) >= 11 is 11.9. The van der Waals surface area contributed by atoms with Gasteiger partial charge in [-0.3, -0.25) is 0 Å². The summed E-state index contributed by atoms with van der Waals surface area (Å²) in [5.74, 6) is 3.00. The van der Waals surface area contributed by atoms with Gasteiger partial charge in [-0.05, 0) is 31.5 Å². The Hall–Kier alpha value is -0.920. The first-order valence-corrected chi connectivity index (χ1v) is 7.29. The highest BCUT2D eigenvalue weighted by atomic mass is 35.5. The molecule has 20 heavy (non-hydrogen) atoms. The number of hydrogen-bond acceptors (Lipinski definition) is 3. The molecule has 0 aliphatic carbocycles. The second-order valence-electron chi connectivity index (χ2n) is 4.38. The zero-order chi connectivity index (χ0) is 14.8. The van der Waals surface area contributed by atoms with Gasteiger partial charge in [-0.2, -0.15) is 0 Å². The molecule has 5 heteroatoms. The van der Waals surface area contributed by atoms with Crippen LogP contribution in [-0.2, 0) is 0 Å². The van der Waals surface area contributed by atoms with Gasteiger partial charge in [-0.15, -0.1) is 12.3 Å². The molecule has 1 aromatic carbocycles. The van der Waals surface area contributed by atoms with Gasteiger partial charge < -0.3 is 15.2 Å². The van der Waals surface area contributed by atoms with E-state index in [9.17, 15) is 5.11 Å². The lowest BCUT2D eigenvalue weighted by molar-refractivity contribution is 0.106. The van der Waals surface area contributed by atoms with E-state index in [4.69, 9.17) is 34.4 Å². The molecule has 0 amide bonds. The molecule has 2 N–H and O–H groups in total. The van der Waals surface area contributed by atoms with Crippen molar-refractivity contribution >= 4 is 23.2 Å². The number of terminal acetylenes is 1. The van der Waals surface area contributed by atoms with Crippen LogP contribution in [0.25, 0.3) is 0 Å². The summed E-state index contributed by atoms with van der Waals surface area (Å²) in [5.41, 5.74) is 0. The highest BCUT2D eigenvalue weighted by Crippen LogP contribution is 2.32. The number of hydrogen-bond donors (Lipinski definition) is 2. The molecule has 0 aliphatic rings. The minimum atomic E-state index is -0.616. The third-order valence-electron chi connectivity index (χ3n) is 2.64. The van der Waals surface area contributed by atoms with Gasteiger partial charge in [0.05, 0.1) is 10.0 Å². The molecule has 1 aromatic rings. The van der Waals surface area contributed by atoms with Crippen LogP contribution in [0, 0.1) is 12.3 Å². The monoisotopic (exact) mass is 315 g/mol. The van der Waals surface area contributed by atoms with Crippen LogP contribution in [0.3, 0.4) is 0 Å². The first-order valence-electron chi connectivity index (χ1n) is 6.54. The molecule has 0 saturated carbocycles. The fourth-order valence-corrected chi connectivity index (χ4v) is 2.11. The van der Waals surface area contributed by atoms with Crippen molar-refractivity contribution in [2.45, 2.75) is 25.4 Å². The van der Waals surface area contributed by atoms with Gasteiger partial charge in [0.1, 0.15) is 12.7 Å². The van der Waals surface area contributed by atoms with Gasteiger partial charge >= 0.3 is 0 Å². The smallest absolute Gasteiger partial charge is 0.156 e.